The molecule has 1 heterocycles. The molecule has 1 atom stereocenters. The summed E-state index contributed by atoms with van der Waals surface area (Å²) >= 11 is 0. The van der Waals surface area contributed by atoms with Gasteiger partial charge >= 0.3 is 0 Å². The fourth-order valence-electron chi connectivity index (χ4n) is 1.35. The summed E-state index contributed by atoms with van der Waals surface area (Å²) in [5.41, 5.74) is 6.39. The highest BCUT2D eigenvalue weighted by atomic mass is 35.5. The zero-order chi connectivity index (χ0) is 11.5. The lowest BCUT2D eigenvalue weighted by molar-refractivity contribution is 0.357. The Morgan fingerprint density at radius 1 is 1.47 bits per heavy atom. The van der Waals surface area contributed by atoms with Crippen LogP contribution < -0.4 is 5.73 Å². The Bertz CT molecular complexity index is 487. The van der Waals surface area contributed by atoms with Crippen molar-refractivity contribution in [2.24, 2.45) is 5.73 Å². The SMILES string of the molecule is CC(N)c1nc(Cc2cccc(F)c2)no1.Cl. The van der Waals surface area contributed by atoms with Crippen molar-refractivity contribution >= 4 is 12.4 Å². The Kier molecular flexibility index (Phi) is 4.60. The molecule has 0 bridgehead atoms. The molecule has 0 saturated heterocycles. The highest BCUT2D eigenvalue weighted by Crippen LogP contribution is 2.11. The van der Waals surface area contributed by atoms with E-state index >= 15 is 0 Å². The molecule has 0 aliphatic carbocycles. The summed E-state index contributed by atoms with van der Waals surface area (Å²) in [5.74, 6) is 0.637. The first kappa shape index (κ1) is 13.6. The predicted molar refractivity (Wildman–Crippen MR) is 63.4 cm³/mol. The molecule has 6 heteroatoms. The van der Waals surface area contributed by atoms with Crippen molar-refractivity contribution in [3.05, 3.63) is 47.4 Å². The van der Waals surface area contributed by atoms with Gasteiger partial charge in [0.25, 0.3) is 0 Å². The van der Waals surface area contributed by atoms with E-state index in [0.29, 0.717) is 18.1 Å². The summed E-state index contributed by atoms with van der Waals surface area (Å²) in [6.45, 7) is 1.76. The molecule has 1 aromatic heterocycles. The smallest absolute Gasteiger partial charge is 0.243 e. The van der Waals surface area contributed by atoms with Crippen LogP contribution in [-0.4, -0.2) is 10.1 Å². The zero-order valence-electron chi connectivity index (χ0n) is 9.26. The molecular formula is C11H13ClFN3O. The molecule has 0 saturated carbocycles. The van der Waals surface area contributed by atoms with E-state index in [1.165, 1.54) is 12.1 Å². The van der Waals surface area contributed by atoms with Crippen LogP contribution in [0.5, 0.6) is 0 Å². The Hall–Kier alpha value is -1.46. The normalized spacial score (nSPS) is 11.9. The molecule has 92 valence electrons. The third-order valence-electron chi connectivity index (χ3n) is 2.12. The van der Waals surface area contributed by atoms with Gasteiger partial charge in [0.1, 0.15) is 5.82 Å². The first-order valence-corrected chi connectivity index (χ1v) is 4.97. The summed E-state index contributed by atoms with van der Waals surface area (Å²) in [4.78, 5) is 4.11. The number of hydrogen-bond acceptors (Lipinski definition) is 4. The van der Waals surface area contributed by atoms with E-state index in [-0.39, 0.29) is 24.3 Å². The quantitative estimate of drug-likeness (QED) is 0.916. The fraction of sp³-hybridized carbons (Fsp3) is 0.273. The van der Waals surface area contributed by atoms with Crippen molar-refractivity contribution in [1.29, 1.82) is 0 Å². The predicted octanol–water partition coefficient (Wildman–Crippen LogP) is 2.24. The van der Waals surface area contributed by atoms with Crippen molar-refractivity contribution in [2.45, 2.75) is 19.4 Å². The van der Waals surface area contributed by atoms with Gasteiger partial charge in [0.2, 0.25) is 5.89 Å². The van der Waals surface area contributed by atoms with Gasteiger partial charge in [0, 0.05) is 6.42 Å². The van der Waals surface area contributed by atoms with Crippen molar-refractivity contribution in [3.63, 3.8) is 0 Å². The van der Waals surface area contributed by atoms with Crippen LogP contribution in [-0.2, 0) is 6.42 Å². The van der Waals surface area contributed by atoms with E-state index in [0.717, 1.165) is 5.56 Å². The number of halogens is 2. The van der Waals surface area contributed by atoms with Gasteiger partial charge in [-0.25, -0.2) is 4.39 Å². The second-order valence-electron chi connectivity index (χ2n) is 3.64. The van der Waals surface area contributed by atoms with E-state index in [2.05, 4.69) is 10.1 Å². The van der Waals surface area contributed by atoms with E-state index in [1.54, 1.807) is 13.0 Å². The number of aromatic nitrogens is 2. The lowest BCUT2D eigenvalue weighted by Gasteiger charge is -1.96. The number of benzene rings is 1. The molecule has 4 nitrogen and oxygen atoms in total. The zero-order valence-corrected chi connectivity index (χ0v) is 10.1. The third kappa shape index (κ3) is 3.51. The Labute approximate surface area is 104 Å². The minimum Gasteiger partial charge on any atom is -0.338 e. The topological polar surface area (TPSA) is 64.9 Å². The van der Waals surface area contributed by atoms with Gasteiger partial charge in [-0.15, -0.1) is 12.4 Å². The van der Waals surface area contributed by atoms with Gasteiger partial charge in [-0.05, 0) is 24.6 Å². The molecule has 1 unspecified atom stereocenters. The fourth-order valence-corrected chi connectivity index (χ4v) is 1.35. The van der Waals surface area contributed by atoms with Crippen molar-refractivity contribution < 1.29 is 8.91 Å². The molecule has 17 heavy (non-hydrogen) atoms. The van der Waals surface area contributed by atoms with E-state index in [9.17, 15) is 4.39 Å². The van der Waals surface area contributed by atoms with Gasteiger partial charge in [0.15, 0.2) is 5.82 Å². The molecule has 2 rings (SSSR count). The van der Waals surface area contributed by atoms with Gasteiger partial charge in [-0.3, -0.25) is 0 Å². The van der Waals surface area contributed by atoms with Crippen LogP contribution in [0.1, 0.15) is 30.2 Å². The number of nitrogens with two attached hydrogens (primary N) is 1. The number of rotatable bonds is 3. The van der Waals surface area contributed by atoms with Gasteiger partial charge < -0.3 is 10.3 Å². The minimum atomic E-state index is -0.284. The van der Waals surface area contributed by atoms with Gasteiger partial charge in [-0.1, -0.05) is 17.3 Å². The molecule has 0 amide bonds. The first-order valence-electron chi connectivity index (χ1n) is 4.97. The van der Waals surface area contributed by atoms with Crippen LogP contribution in [0.25, 0.3) is 0 Å². The maximum absolute atomic E-state index is 12.9. The second kappa shape index (κ2) is 5.75. The van der Waals surface area contributed by atoms with Crippen LogP contribution in [0.3, 0.4) is 0 Å². The van der Waals surface area contributed by atoms with Gasteiger partial charge in [0.05, 0.1) is 6.04 Å². The molecule has 0 fully saturated rings. The highest BCUT2D eigenvalue weighted by Gasteiger charge is 2.10. The largest absolute Gasteiger partial charge is 0.338 e. The van der Waals surface area contributed by atoms with Crippen molar-refractivity contribution in [3.8, 4) is 0 Å². The molecular weight excluding hydrogens is 245 g/mol. The Morgan fingerprint density at radius 2 is 2.24 bits per heavy atom. The maximum atomic E-state index is 12.9. The standard InChI is InChI=1S/C11H12FN3O.ClH/c1-7(13)11-14-10(15-16-11)6-8-3-2-4-9(12)5-8;/h2-5,7H,6,13H2,1H3;1H. The maximum Gasteiger partial charge on any atom is 0.243 e. The highest BCUT2D eigenvalue weighted by molar-refractivity contribution is 5.85. The minimum absolute atomic E-state index is 0. The van der Waals surface area contributed by atoms with Crippen LogP contribution in [0.4, 0.5) is 4.39 Å². The summed E-state index contributed by atoms with van der Waals surface area (Å²) in [5, 5.41) is 3.77. The number of hydrogen-bond donors (Lipinski definition) is 1. The van der Waals surface area contributed by atoms with Crippen LogP contribution in [0, 0.1) is 5.82 Å². The van der Waals surface area contributed by atoms with E-state index in [4.69, 9.17) is 10.3 Å². The monoisotopic (exact) mass is 257 g/mol. The average Bonchev–Trinajstić information content (AvgIpc) is 2.66. The average molecular weight is 258 g/mol. The molecule has 2 N–H and O–H groups in total. The lowest BCUT2D eigenvalue weighted by atomic mass is 10.1. The van der Waals surface area contributed by atoms with Crippen LogP contribution in [0.2, 0.25) is 0 Å². The van der Waals surface area contributed by atoms with Crippen LogP contribution in [0.15, 0.2) is 28.8 Å². The van der Waals surface area contributed by atoms with E-state index < -0.39 is 0 Å². The van der Waals surface area contributed by atoms with Crippen molar-refractivity contribution in [1.82, 2.24) is 10.1 Å². The second-order valence-corrected chi connectivity index (χ2v) is 3.64. The molecule has 0 radical (unpaired) electrons. The Morgan fingerprint density at radius 3 is 2.82 bits per heavy atom. The molecule has 0 aliphatic heterocycles. The molecule has 0 aliphatic rings. The lowest BCUT2D eigenvalue weighted by Crippen LogP contribution is -2.05. The number of nitrogens with zero attached hydrogens (tertiary/aromatic N) is 2. The molecule has 1 aromatic carbocycles. The summed E-state index contributed by atoms with van der Waals surface area (Å²) < 4.78 is 17.9. The van der Waals surface area contributed by atoms with E-state index in [1.807, 2.05) is 6.07 Å². The first-order chi connectivity index (χ1) is 7.65. The molecule has 0 spiro atoms. The van der Waals surface area contributed by atoms with Crippen molar-refractivity contribution in [2.75, 3.05) is 0 Å². The molecule has 2 aromatic rings. The van der Waals surface area contributed by atoms with Gasteiger partial charge in [-0.2, -0.15) is 4.98 Å². The van der Waals surface area contributed by atoms with Crippen LogP contribution >= 0.6 is 12.4 Å². The third-order valence-corrected chi connectivity index (χ3v) is 2.12. The Balaban J connectivity index is 0.00000144. The summed E-state index contributed by atoms with van der Waals surface area (Å²) in [6, 6.07) is 6.02. The summed E-state index contributed by atoms with van der Waals surface area (Å²) in [7, 11) is 0. The summed E-state index contributed by atoms with van der Waals surface area (Å²) in [6.07, 6.45) is 0.438.